The van der Waals surface area contributed by atoms with Gasteiger partial charge in [0, 0.05) is 11.8 Å². The molecule has 0 saturated carbocycles. The fourth-order valence-corrected chi connectivity index (χ4v) is 1.96. The fraction of sp³-hybridized carbons (Fsp3) is 0.0667. The smallest absolute Gasteiger partial charge is 0.339 e. The number of carbonyl (C=O) groups is 3. The van der Waals surface area contributed by atoms with E-state index in [0.717, 1.165) is 12.1 Å². The molecule has 2 aromatic rings. The van der Waals surface area contributed by atoms with Crippen LogP contribution < -0.4 is 5.32 Å². The first-order valence-electron chi connectivity index (χ1n) is 6.56. The molecular weight excluding hydrogens is 320 g/mol. The SMILES string of the molecule is O=C(O)Cc1cc(O)c(C(=O)Nc2ncccc2C(=O)O)cc1O. The Labute approximate surface area is 134 Å². The van der Waals surface area contributed by atoms with Crippen LogP contribution >= 0.6 is 0 Å². The Morgan fingerprint density at radius 2 is 1.75 bits per heavy atom. The van der Waals surface area contributed by atoms with Gasteiger partial charge in [-0.1, -0.05) is 0 Å². The molecule has 1 aromatic carbocycles. The highest BCUT2D eigenvalue weighted by atomic mass is 16.4. The van der Waals surface area contributed by atoms with E-state index in [2.05, 4.69) is 10.3 Å². The third kappa shape index (κ3) is 3.58. The summed E-state index contributed by atoms with van der Waals surface area (Å²) in [5.41, 5.74) is -0.679. The Bertz CT molecular complexity index is 833. The van der Waals surface area contributed by atoms with Gasteiger partial charge in [0.05, 0.1) is 12.0 Å². The topological polar surface area (TPSA) is 157 Å². The Hall–Kier alpha value is -3.62. The van der Waals surface area contributed by atoms with Crippen molar-refractivity contribution in [2.75, 3.05) is 5.32 Å². The molecule has 1 amide bonds. The number of amides is 1. The van der Waals surface area contributed by atoms with Crippen LogP contribution in [-0.4, -0.2) is 43.3 Å². The number of aromatic nitrogens is 1. The molecule has 0 aliphatic heterocycles. The van der Waals surface area contributed by atoms with Crippen molar-refractivity contribution in [1.82, 2.24) is 4.98 Å². The Kier molecular flexibility index (Phi) is 4.64. The van der Waals surface area contributed by atoms with E-state index < -0.39 is 35.8 Å². The third-order valence-electron chi connectivity index (χ3n) is 3.05. The molecule has 9 heteroatoms. The van der Waals surface area contributed by atoms with E-state index in [-0.39, 0.29) is 22.5 Å². The van der Waals surface area contributed by atoms with Crippen molar-refractivity contribution in [3.8, 4) is 11.5 Å². The summed E-state index contributed by atoms with van der Waals surface area (Å²) in [5.74, 6) is -4.72. The molecule has 0 saturated heterocycles. The molecule has 0 aliphatic rings. The first kappa shape index (κ1) is 16.7. The van der Waals surface area contributed by atoms with Crippen LogP contribution in [-0.2, 0) is 11.2 Å². The molecule has 1 heterocycles. The molecule has 124 valence electrons. The minimum absolute atomic E-state index is 0.0689. The van der Waals surface area contributed by atoms with Gasteiger partial charge in [0.15, 0.2) is 0 Å². The molecule has 0 unspecified atom stereocenters. The summed E-state index contributed by atoms with van der Waals surface area (Å²) in [6.45, 7) is 0. The zero-order valence-electron chi connectivity index (χ0n) is 12.1. The van der Waals surface area contributed by atoms with Gasteiger partial charge in [-0.15, -0.1) is 0 Å². The normalized spacial score (nSPS) is 10.2. The molecule has 0 aliphatic carbocycles. The molecular formula is C15H12N2O7. The summed E-state index contributed by atoms with van der Waals surface area (Å²) >= 11 is 0. The first-order valence-corrected chi connectivity index (χ1v) is 6.56. The Balaban J connectivity index is 2.33. The van der Waals surface area contributed by atoms with Crippen LogP contribution in [0.5, 0.6) is 11.5 Å². The number of nitrogens with one attached hydrogen (secondary N) is 1. The van der Waals surface area contributed by atoms with Gasteiger partial charge in [-0.05, 0) is 24.3 Å². The fourth-order valence-electron chi connectivity index (χ4n) is 1.96. The van der Waals surface area contributed by atoms with Crippen molar-refractivity contribution >= 4 is 23.7 Å². The van der Waals surface area contributed by atoms with Crippen molar-refractivity contribution in [3.63, 3.8) is 0 Å². The number of nitrogens with zero attached hydrogens (tertiary/aromatic N) is 1. The highest BCUT2D eigenvalue weighted by Gasteiger charge is 2.19. The molecule has 0 atom stereocenters. The van der Waals surface area contributed by atoms with Crippen molar-refractivity contribution < 1.29 is 34.8 Å². The number of rotatable bonds is 5. The average molecular weight is 332 g/mol. The molecule has 1 aromatic heterocycles. The van der Waals surface area contributed by atoms with Gasteiger partial charge in [-0.2, -0.15) is 0 Å². The number of benzene rings is 1. The van der Waals surface area contributed by atoms with Crippen LogP contribution in [0.4, 0.5) is 5.82 Å². The first-order chi connectivity index (χ1) is 11.3. The standard InChI is InChI=1S/C15H12N2O7/c18-10-6-9(11(19)4-7(10)5-12(20)21)14(22)17-13-8(15(23)24)2-1-3-16-13/h1-4,6,18-19H,5H2,(H,20,21)(H,23,24)(H,16,17,22). The van der Waals surface area contributed by atoms with E-state index >= 15 is 0 Å². The molecule has 0 bridgehead atoms. The second-order valence-corrected chi connectivity index (χ2v) is 4.73. The lowest BCUT2D eigenvalue weighted by Gasteiger charge is -2.10. The molecule has 0 radical (unpaired) electrons. The van der Waals surface area contributed by atoms with Crippen LogP contribution in [0.2, 0.25) is 0 Å². The van der Waals surface area contributed by atoms with Crippen molar-refractivity contribution in [1.29, 1.82) is 0 Å². The minimum Gasteiger partial charge on any atom is -0.508 e. The Morgan fingerprint density at radius 1 is 1.04 bits per heavy atom. The molecule has 0 fully saturated rings. The summed E-state index contributed by atoms with van der Waals surface area (Å²) in [6, 6.07) is 4.46. The number of aromatic carboxylic acids is 1. The maximum Gasteiger partial charge on any atom is 0.339 e. The Morgan fingerprint density at radius 3 is 2.38 bits per heavy atom. The quantitative estimate of drug-likeness (QED) is 0.509. The van der Waals surface area contributed by atoms with Crippen LogP contribution in [0, 0.1) is 0 Å². The summed E-state index contributed by atoms with van der Waals surface area (Å²) < 4.78 is 0. The predicted molar refractivity (Wildman–Crippen MR) is 80.3 cm³/mol. The maximum absolute atomic E-state index is 12.2. The number of carboxylic acid groups (broad SMARTS) is 2. The highest BCUT2D eigenvalue weighted by Crippen LogP contribution is 2.28. The van der Waals surface area contributed by atoms with Gasteiger partial charge in [0.1, 0.15) is 22.9 Å². The minimum atomic E-state index is -1.30. The van der Waals surface area contributed by atoms with Crippen LogP contribution in [0.25, 0.3) is 0 Å². The van der Waals surface area contributed by atoms with Crippen LogP contribution in [0.3, 0.4) is 0 Å². The number of anilines is 1. The number of aromatic hydroxyl groups is 2. The molecule has 9 nitrogen and oxygen atoms in total. The van der Waals surface area contributed by atoms with E-state index in [1.807, 2.05) is 0 Å². The van der Waals surface area contributed by atoms with Gasteiger partial charge >= 0.3 is 11.9 Å². The molecule has 5 N–H and O–H groups in total. The van der Waals surface area contributed by atoms with Crippen LogP contribution in [0.15, 0.2) is 30.5 Å². The number of carbonyl (C=O) groups excluding carboxylic acids is 1. The number of carboxylic acids is 2. The molecule has 0 spiro atoms. The maximum atomic E-state index is 12.2. The van der Waals surface area contributed by atoms with Crippen molar-refractivity contribution in [2.45, 2.75) is 6.42 Å². The number of phenolic OH excluding ortho intramolecular Hbond substituents is 2. The summed E-state index contributed by atoms with van der Waals surface area (Å²) in [5, 5.41) is 39.6. The average Bonchev–Trinajstić information content (AvgIpc) is 2.50. The van der Waals surface area contributed by atoms with E-state index in [0.29, 0.717) is 0 Å². The zero-order valence-corrected chi connectivity index (χ0v) is 12.1. The van der Waals surface area contributed by atoms with E-state index in [4.69, 9.17) is 10.2 Å². The van der Waals surface area contributed by atoms with Gasteiger partial charge in [-0.3, -0.25) is 9.59 Å². The van der Waals surface area contributed by atoms with Gasteiger partial charge in [0.25, 0.3) is 5.91 Å². The van der Waals surface area contributed by atoms with E-state index in [1.165, 1.54) is 18.3 Å². The summed E-state index contributed by atoms with van der Waals surface area (Å²) in [7, 11) is 0. The number of aliphatic carboxylic acids is 1. The number of pyridine rings is 1. The predicted octanol–water partition coefficient (Wildman–Crippen LogP) is 1.07. The highest BCUT2D eigenvalue weighted by molar-refractivity contribution is 6.08. The van der Waals surface area contributed by atoms with Crippen molar-refractivity contribution in [3.05, 3.63) is 47.2 Å². The second-order valence-electron chi connectivity index (χ2n) is 4.73. The van der Waals surface area contributed by atoms with Crippen molar-refractivity contribution in [2.24, 2.45) is 0 Å². The number of hydrogen-bond acceptors (Lipinski definition) is 6. The van der Waals surface area contributed by atoms with Crippen LogP contribution in [0.1, 0.15) is 26.3 Å². The lowest BCUT2D eigenvalue weighted by Crippen LogP contribution is -2.16. The third-order valence-corrected chi connectivity index (χ3v) is 3.05. The van der Waals surface area contributed by atoms with E-state index in [1.54, 1.807) is 0 Å². The van der Waals surface area contributed by atoms with Gasteiger partial charge in [0.2, 0.25) is 0 Å². The summed E-state index contributed by atoms with van der Waals surface area (Å²) in [6.07, 6.45) is 0.736. The van der Waals surface area contributed by atoms with Gasteiger partial charge in [-0.25, -0.2) is 9.78 Å². The number of hydrogen-bond donors (Lipinski definition) is 5. The summed E-state index contributed by atoms with van der Waals surface area (Å²) in [4.78, 5) is 37.6. The largest absolute Gasteiger partial charge is 0.508 e. The van der Waals surface area contributed by atoms with Gasteiger partial charge < -0.3 is 25.7 Å². The lowest BCUT2D eigenvalue weighted by atomic mass is 10.1. The molecule has 2 rings (SSSR count). The molecule has 24 heavy (non-hydrogen) atoms. The number of phenols is 2. The lowest BCUT2D eigenvalue weighted by molar-refractivity contribution is -0.136. The monoisotopic (exact) mass is 332 g/mol. The zero-order chi connectivity index (χ0) is 17.9. The second kappa shape index (κ2) is 6.65. The van der Waals surface area contributed by atoms with E-state index in [9.17, 15) is 24.6 Å².